The van der Waals surface area contributed by atoms with Gasteiger partial charge in [0, 0.05) is 0 Å². The zero-order chi connectivity index (χ0) is 20.3. The van der Waals surface area contributed by atoms with Crippen molar-refractivity contribution in [3.05, 3.63) is 29.8 Å². The molecule has 0 aliphatic heterocycles. The summed E-state index contributed by atoms with van der Waals surface area (Å²) in [6, 6.07) is 5.99. The molecule has 0 amide bonds. The van der Waals surface area contributed by atoms with E-state index in [2.05, 4.69) is 8.37 Å². The molecule has 1 rings (SSSR count). The minimum Gasteiger partial charge on any atom is -0.282 e. The molecule has 0 spiro atoms. The van der Waals surface area contributed by atoms with Crippen LogP contribution in [0, 0.1) is 6.92 Å². The average molecular weight is 424 g/mol. The molecule has 3 N–H and O–H groups in total. The summed E-state index contributed by atoms with van der Waals surface area (Å²) >= 11 is 0. The average Bonchev–Trinajstić information content (AvgIpc) is 2.36. The molecule has 0 bridgehead atoms. The molecule has 0 aliphatic carbocycles. The Morgan fingerprint density at radius 1 is 0.800 bits per heavy atom. The third-order valence-corrected chi connectivity index (χ3v) is 3.76. The number of hydrogen-bond acceptors (Lipinski definition) is 8. The predicted molar refractivity (Wildman–Crippen MR) is 87.3 cm³/mol. The lowest BCUT2D eigenvalue weighted by Gasteiger charge is -1.99. The molecule has 0 aliphatic rings. The Kier molecular flexibility index (Phi) is 12.0. The van der Waals surface area contributed by atoms with Crippen molar-refractivity contribution in [2.45, 2.75) is 25.7 Å². The van der Waals surface area contributed by atoms with Gasteiger partial charge in [0.1, 0.15) is 0 Å². The lowest BCUT2D eigenvalue weighted by Crippen LogP contribution is -2.09. The minimum atomic E-state index is -4.67. The summed E-state index contributed by atoms with van der Waals surface area (Å²) in [7, 11) is -12.4. The van der Waals surface area contributed by atoms with Gasteiger partial charge in [-0.2, -0.15) is 25.3 Å². The van der Waals surface area contributed by atoms with Crippen molar-refractivity contribution in [1.29, 1.82) is 0 Å². The lowest BCUT2D eigenvalue weighted by molar-refractivity contribution is 0.231. The third kappa shape index (κ3) is 19.0. The molecule has 148 valence electrons. The van der Waals surface area contributed by atoms with E-state index in [-0.39, 0.29) is 18.1 Å². The first-order valence-electron chi connectivity index (χ1n) is 6.40. The van der Waals surface area contributed by atoms with Gasteiger partial charge in [-0.1, -0.05) is 17.7 Å². The Bertz CT molecular complexity index is 773. The van der Waals surface area contributed by atoms with E-state index in [1.165, 1.54) is 12.1 Å². The first kappa shape index (κ1) is 26.1. The van der Waals surface area contributed by atoms with E-state index in [4.69, 9.17) is 22.1 Å². The van der Waals surface area contributed by atoms with Gasteiger partial charge in [-0.05, 0) is 32.9 Å². The van der Waals surface area contributed by atoms with Gasteiger partial charge in [-0.3, -0.25) is 13.7 Å². The Labute approximate surface area is 147 Å². The van der Waals surface area contributed by atoms with Crippen molar-refractivity contribution in [2.24, 2.45) is 0 Å². The van der Waals surface area contributed by atoms with Gasteiger partial charge in [0.05, 0.1) is 18.1 Å². The number of aryl methyl sites for hydroxylation is 1. The van der Waals surface area contributed by atoms with Gasteiger partial charge >= 0.3 is 20.8 Å². The molecule has 0 saturated heterocycles. The topological polar surface area (TPSA) is 182 Å². The van der Waals surface area contributed by atoms with Crippen LogP contribution < -0.4 is 0 Å². The maximum absolute atomic E-state index is 10.5. The molecule has 0 atom stereocenters. The van der Waals surface area contributed by atoms with Crippen LogP contribution in [0.5, 0.6) is 0 Å². The molecule has 0 radical (unpaired) electrons. The summed E-state index contributed by atoms with van der Waals surface area (Å²) in [5, 5.41) is 0. The van der Waals surface area contributed by atoms with E-state index in [1.54, 1.807) is 26.0 Å². The van der Waals surface area contributed by atoms with Crippen LogP contribution in [-0.2, 0) is 39.3 Å². The smallest absolute Gasteiger partial charge is 0.282 e. The Morgan fingerprint density at radius 2 is 1.12 bits per heavy atom. The van der Waals surface area contributed by atoms with E-state index in [0.29, 0.717) is 0 Å². The zero-order valence-corrected chi connectivity index (χ0v) is 16.0. The summed E-state index contributed by atoms with van der Waals surface area (Å²) in [6.45, 7) is 5.23. The Hall–Kier alpha value is -1.13. The quantitative estimate of drug-likeness (QED) is 0.571. The van der Waals surface area contributed by atoms with Gasteiger partial charge in [0.25, 0.3) is 10.1 Å². The molecule has 0 unspecified atom stereocenters. The lowest BCUT2D eigenvalue weighted by atomic mass is 10.2. The third-order valence-electron chi connectivity index (χ3n) is 1.84. The minimum absolute atomic E-state index is 0.0666. The first-order valence-corrected chi connectivity index (χ1v) is 10.6. The molecule has 1 aromatic carbocycles. The van der Waals surface area contributed by atoms with E-state index in [9.17, 15) is 16.8 Å². The van der Waals surface area contributed by atoms with Crippen LogP contribution in [0.25, 0.3) is 0 Å². The van der Waals surface area contributed by atoms with Crippen LogP contribution in [0.15, 0.2) is 29.2 Å². The van der Waals surface area contributed by atoms with Gasteiger partial charge in [0.2, 0.25) is 0 Å². The van der Waals surface area contributed by atoms with Crippen molar-refractivity contribution >= 4 is 30.9 Å². The van der Waals surface area contributed by atoms with Crippen LogP contribution >= 0.6 is 0 Å². The predicted octanol–water partition coefficient (Wildman–Crippen LogP) is 0.893. The maximum atomic E-state index is 10.5. The number of rotatable bonds is 5. The van der Waals surface area contributed by atoms with Gasteiger partial charge < -0.3 is 0 Å². The van der Waals surface area contributed by atoms with Gasteiger partial charge in [0.15, 0.2) is 0 Å². The standard InChI is InChI=1S/C7H8O3S.C4H10O4S.H2O4S/c1-6-2-4-7(5-3-6)11(8,9)10;1-3-7-9(5,6)8-4-2;1-5(2,3)4/h2-5H,1H3,(H,8,9,10);3-4H2,1-2H3;(H2,1,2,3,4). The molecule has 14 heteroatoms. The second-order valence-electron chi connectivity index (χ2n) is 3.96. The SMILES string of the molecule is CCOS(=O)(=O)OCC.Cc1ccc(S(=O)(=O)O)cc1.O=S(=O)(O)O. The Morgan fingerprint density at radius 3 is 1.36 bits per heavy atom. The highest BCUT2D eigenvalue weighted by Gasteiger charge is 2.07. The summed E-state index contributed by atoms with van der Waals surface area (Å²) in [5.74, 6) is 0. The largest absolute Gasteiger partial charge is 0.399 e. The molecule has 0 heterocycles. The number of benzene rings is 1. The van der Waals surface area contributed by atoms with Gasteiger partial charge in [-0.15, -0.1) is 0 Å². The summed E-state index contributed by atoms with van der Waals surface area (Å²) in [5.41, 5.74) is 0.956. The van der Waals surface area contributed by atoms with Crippen molar-refractivity contribution in [3.8, 4) is 0 Å². The van der Waals surface area contributed by atoms with Crippen LogP contribution in [0.3, 0.4) is 0 Å². The molecule has 1 aromatic rings. The van der Waals surface area contributed by atoms with E-state index < -0.39 is 30.9 Å². The summed E-state index contributed by atoms with van der Waals surface area (Å²) < 4.78 is 90.3. The maximum Gasteiger partial charge on any atom is 0.399 e. The normalized spacial score (nSPS) is 11.6. The van der Waals surface area contributed by atoms with E-state index >= 15 is 0 Å². The molecule has 0 fully saturated rings. The molecule has 0 saturated carbocycles. The van der Waals surface area contributed by atoms with Crippen LogP contribution in [0.4, 0.5) is 0 Å². The van der Waals surface area contributed by atoms with Crippen LogP contribution in [0.1, 0.15) is 19.4 Å². The van der Waals surface area contributed by atoms with Gasteiger partial charge in [-0.25, -0.2) is 8.37 Å². The highest BCUT2D eigenvalue weighted by atomic mass is 32.3. The van der Waals surface area contributed by atoms with Crippen LogP contribution in [0.2, 0.25) is 0 Å². The monoisotopic (exact) mass is 424 g/mol. The molecule has 25 heavy (non-hydrogen) atoms. The van der Waals surface area contributed by atoms with E-state index in [1.807, 2.05) is 6.92 Å². The fourth-order valence-electron chi connectivity index (χ4n) is 1.03. The fourth-order valence-corrected chi connectivity index (χ4v) is 2.16. The summed E-state index contributed by atoms with van der Waals surface area (Å²) in [4.78, 5) is -0.0666. The highest BCUT2D eigenvalue weighted by molar-refractivity contribution is 7.85. The van der Waals surface area contributed by atoms with Crippen molar-refractivity contribution in [2.75, 3.05) is 13.2 Å². The summed E-state index contributed by atoms with van der Waals surface area (Å²) in [6.07, 6.45) is 0. The highest BCUT2D eigenvalue weighted by Crippen LogP contribution is 2.08. The van der Waals surface area contributed by atoms with Crippen molar-refractivity contribution in [1.82, 2.24) is 0 Å². The second-order valence-corrected chi connectivity index (χ2v) is 7.56. The molecule has 0 aromatic heterocycles. The molecular formula is C11H20O11S3. The van der Waals surface area contributed by atoms with Crippen molar-refractivity contribution < 1.29 is 47.3 Å². The number of hydrogen-bond donors (Lipinski definition) is 3. The second kappa shape index (κ2) is 11.5. The van der Waals surface area contributed by atoms with E-state index in [0.717, 1.165) is 5.56 Å². The molecular weight excluding hydrogens is 404 g/mol. The first-order chi connectivity index (χ1) is 11.1. The fraction of sp³-hybridized carbons (Fsp3) is 0.455. The zero-order valence-electron chi connectivity index (χ0n) is 13.6. The Balaban J connectivity index is 0. The molecule has 11 nitrogen and oxygen atoms in total. The van der Waals surface area contributed by atoms with Crippen LogP contribution in [-0.4, -0.2) is 52.1 Å². The van der Waals surface area contributed by atoms with Crippen molar-refractivity contribution in [3.63, 3.8) is 0 Å².